The van der Waals surface area contributed by atoms with Crippen molar-refractivity contribution in [2.24, 2.45) is 11.3 Å². The van der Waals surface area contributed by atoms with Crippen molar-refractivity contribution in [1.82, 2.24) is 9.88 Å². The molecule has 32 heavy (non-hydrogen) atoms. The van der Waals surface area contributed by atoms with E-state index in [1.165, 1.54) is 12.8 Å². The van der Waals surface area contributed by atoms with Crippen molar-refractivity contribution in [3.8, 4) is 0 Å². The zero-order valence-electron chi connectivity index (χ0n) is 17.4. The molecule has 1 aliphatic carbocycles. The lowest BCUT2D eigenvalue weighted by atomic mass is 9.81. The van der Waals surface area contributed by atoms with Gasteiger partial charge in [-0.3, -0.25) is 9.78 Å². The normalized spacial score (nSPS) is 22.1. The minimum absolute atomic E-state index is 0.124. The SMILES string of the molecule is O=C(O)C(F)(F)F.O=C(c1ccccc1)N1C[C@H]2CCC[C@@]2(COCc2ccccn2)C1. The Kier molecular flexibility index (Phi) is 7.50. The number of carbonyl (C=O) groups is 2. The monoisotopic (exact) mass is 450 g/mol. The number of carboxylic acid groups (broad SMARTS) is 1. The van der Waals surface area contributed by atoms with Gasteiger partial charge in [0.15, 0.2) is 0 Å². The number of hydrogen-bond acceptors (Lipinski definition) is 4. The smallest absolute Gasteiger partial charge is 0.475 e. The van der Waals surface area contributed by atoms with Crippen LogP contribution in [0.2, 0.25) is 0 Å². The lowest BCUT2D eigenvalue weighted by molar-refractivity contribution is -0.192. The minimum Gasteiger partial charge on any atom is -0.475 e. The van der Waals surface area contributed by atoms with Gasteiger partial charge in [0, 0.05) is 30.3 Å². The number of alkyl halides is 3. The summed E-state index contributed by atoms with van der Waals surface area (Å²) in [6.07, 6.45) is 0.306. The van der Waals surface area contributed by atoms with Crippen molar-refractivity contribution in [2.45, 2.75) is 32.0 Å². The van der Waals surface area contributed by atoms with Gasteiger partial charge >= 0.3 is 12.1 Å². The van der Waals surface area contributed by atoms with Crippen LogP contribution in [-0.4, -0.2) is 52.7 Å². The lowest BCUT2D eigenvalue weighted by Crippen LogP contribution is -2.34. The standard InChI is InChI=1S/C21H24N2O2.C2HF3O2/c24-20(17-7-2-1-3-8-17)23-13-18-9-6-11-21(18,15-23)16-25-14-19-10-4-5-12-22-19;3-2(4,5)1(6)7/h1-5,7-8,10,12,18H,6,9,11,13-16H2;(H,6,7)/t18-,21+;/m1./s1. The van der Waals surface area contributed by atoms with Crippen molar-refractivity contribution < 1.29 is 32.6 Å². The molecule has 1 saturated carbocycles. The average Bonchev–Trinajstić information content (AvgIpc) is 3.32. The average molecular weight is 450 g/mol. The second-order valence-electron chi connectivity index (χ2n) is 8.12. The Bertz CT molecular complexity index is 908. The molecule has 0 spiro atoms. The molecule has 0 unspecified atom stereocenters. The number of aromatic nitrogens is 1. The van der Waals surface area contributed by atoms with Gasteiger partial charge in [-0.05, 0) is 43.0 Å². The van der Waals surface area contributed by atoms with Crippen LogP contribution in [0.4, 0.5) is 13.2 Å². The number of aliphatic carboxylic acids is 1. The minimum atomic E-state index is -5.08. The molecule has 1 amide bonds. The van der Waals surface area contributed by atoms with E-state index in [-0.39, 0.29) is 11.3 Å². The number of ether oxygens (including phenoxy) is 1. The number of likely N-dealkylation sites (tertiary alicyclic amines) is 1. The summed E-state index contributed by atoms with van der Waals surface area (Å²) in [5.74, 6) is -2.05. The fourth-order valence-corrected chi connectivity index (χ4v) is 4.41. The van der Waals surface area contributed by atoms with Crippen LogP contribution in [0.3, 0.4) is 0 Å². The highest BCUT2D eigenvalue weighted by molar-refractivity contribution is 5.94. The number of halogens is 3. The number of carbonyl (C=O) groups excluding carboxylic acids is 1. The molecule has 1 aromatic carbocycles. The first-order chi connectivity index (χ1) is 15.2. The highest BCUT2D eigenvalue weighted by Crippen LogP contribution is 2.49. The topological polar surface area (TPSA) is 79.7 Å². The molecule has 0 bridgehead atoms. The van der Waals surface area contributed by atoms with Crippen LogP contribution < -0.4 is 0 Å². The maximum atomic E-state index is 12.8. The Morgan fingerprint density at radius 3 is 2.47 bits per heavy atom. The van der Waals surface area contributed by atoms with Gasteiger partial charge in [-0.15, -0.1) is 0 Å². The zero-order valence-corrected chi connectivity index (χ0v) is 17.4. The summed E-state index contributed by atoms with van der Waals surface area (Å²) in [5, 5.41) is 7.12. The maximum Gasteiger partial charge on any atom is 0.490 e. The van der Waals surface area contributed by atoms with E-state index < -0.39 is 12.1 Å². The van der Waals surface area contributed by atoms with Crippen LogP contribution in [0.15, 0.2) is 54.7 Å². The van der Waals surface area contributed by atoms with Gasteiger partial charge in [0.25, 0.3) is 5.91 Å². The number of carboxylic acids is 1. The molecule has 2 fully saturated rings. The number of amides is 1. The van der Waals surface area contributed by atoms with Gasteiger partial charge in [-0.25, -0.2) is 4.79 Å². The van der Waals surface area contributed by atoms with E-state index >= 15 is 0 Å². The van der Waals surface area contributed by atoms with Crippen molar-refractivity contribution in [2.75, 3.05) is 19.7 Å². The van der Waals surface area contributed by atoms with E-state index in [4.69, 9.17) is 14.6 Å². The predicted molar refractivity (Wildman–Crippen MR) is 110 cm³/mol. The lowest BCUT2D eigenvalue weighted by Gasteiger charge is -2.28. The summed E-state index contributed by atoms with van der Waals surface area (Å²) < 4.78 is 37.8. The summed E-state index contributed by atoms with van der Waals surface area (Å²) in [6.45, 7) is 2.93. The first-order valence-corrected chi connectivity index (χ1v) is 10.3. The summed E-state index contributed by atoms with van der Waals surface area (Å²) in [5.41, 5.74) is 1.87. The molecule has 1 N–H and O–H groups in total. The Morgan fingerprint density at radius 1 is 1.16 bits per heavy atom. The predicted octanol–water partition coefficient (Wildman–Crippen LogP) is 4.17. The third kappa shape index (κ3) is 5.85. The third-order valence-electron chi connectivity index (χ3n) is 5.96. The first kappa shape index (κ1) is 23.7. The molecule has 0 radical (unpaired) electrons. The molecular weight excluding hydrogens is 425 g/mol. The Hall–Kier alpha value is -2.94. The van der Waals surface area contributed by atoms with Crippen LogP contribution in [0.25, 0.3) is 0 Å². The number of rotatable bonds is 5. The molecular formula is C23H25F3N2O4. The van der Waals surface area contributed by atoms with Crippen LogP contribution in [0.1, 0.15) is 35.3 Å². The third-order valence-corrected chi connectivity index (χ3v) is 5.96. The van der Waals surface area contributed by atoms with Crippen LogP contribution in [-0.2, 0) is 16.1 Å². The second-order valence-corrected chi connectivity index (χ2v) is 8.12. The quantitative estimate of drug-likeness (QED) is 0.740. The van der Waals surface area contributed by atoms with E-state index in [2.05, 4.69) is 4.98 Å². The van der Waals surface area contributed by atoms with Gasteiger partial charge in [0.2, 0.25) is 0 Å². The number of benzene rings is 1. The van der Waals surface area contributed by atoms with E-state index in [9.17, 15) is 18.0 Å². The molecule has 1 aliphatic heterocycles. The summed E-state index contributed by atoms with van der Waals surface area (Å²) in [7, 11) is 0. The number of hydrogen-bond donors (Lipinski definition) is 1. The van der Waals surface area contributed by atoms with E-state index in [0.29, 0.717) is 19.1 Å². The van der Waals surface area contributed by atoms with Crippen molar-refractivity contribution in [1.29, 1.82) is 0 Å². The molecule has 2 atom stereocenters. The molecule has 2 aromatic rings. The zero-order chi connectivity index (χ0) is 23.2. The van der Waals surface area contributed by atoms with E-state index in [1.54, 1.807) is 6.20 Å². The summed E-state index contributed by atoms with van der Waals surface area (Å²) in [6, 6.07) is 15.5. The highest BCUT2D eigenvalue weighted by Gasteiger charge is 2.50. The summed E-state index contributed by atoms with van der Waals surface area (Å²) in [4.78, 5) is 28.0. The van der Waals surface area contributed by atoms with E-state index in [1.807, 2.05) is 53.4 Å². The molecule has 6 nitrogen and oxygen atoms in total. The summed E-state index contributed by atoms with van der Waals surface area (Å²) >= 11 is 0. The van der Waals surface area contributed by atoms with Gasteiger partial charge in [0.05, 0.1) is 18.9 Å². The largest absolute Gasteiger partial charge is 0.490 e. The molecule has 4 rings (SSSR count). The van der Waals surface area contributed by atoms with Crippen LogP contribution >= 0.6 is 0 Å². The van der Waals surface area contributed by atoms with Crippen LogP contribution in [0.5, 0.6) is 0 Å². The number of nitrogens with zero attached hydrogens (tertiary/aromatic N) is 2. The van der Waals surface area contributed by atoms with E-state index in [0.717, 1.165) is 30.8 Å². The molecule has 1 aromatic heterocycles. The highest BCUT2D eigenvalue weighted by atomic mass is 19.4. The molecule has 9 heteroatoms. The van der Waals surface area contributed by atoms with Crippen molar-refractivity contribution in [3.05, 3.63) is 66.0 Å². The Labute approximate surface area is 184 Å². The fraction of sp³-hybridized carbons (Fsp3) is 0.435. The van der Waals surface area contributed by atoms with Crippen molar-refractivity contribution in [3.63, 3.8) is 0 Å². The second kappa shape index (κ2) is 10.1. The first-order valence-electron chi connectivity index (χ1n) is 10.3. The molecule has 2 aliphatic rings. The van der Waals surface area contributed by atoms with Gasteiger partial charge in [-0.1, -0.05) is 30.7 Å². The Balaban J connectivity index is 0.000000360. The number of fused-ring (bicyclic) bond motifs is 1. The Morgan fingerprint density at radius 2 is 1.84 bits per heavy atom. The van der Waals surface area contributed by atoms with Gasteiger partial charge < -0.3 is 14.7 Å². The molecule has 172 valence electrons. The van der Waals surface area contributed by atoms with Gasteiger partial charge in [-0.2, -0.15) is 13.2 Å². The van der Waals surface area contributed by atoms with Crippen LogP contribution in [0, 0.1) is 11.3 Å². The number of pyridine rings is 1. The van der Waals surface area contributed by atoms with Crippen molar-refractivity contribution >= 4 is 11.9 Å². The molecule has 1 saturated heterocycles. The van der Waals surface area contributed by atoms with Gasteiger partial charge in [0.1, 0.15) is 0 Å². The fourth-order valence-electron chi connectivity index (χ4n) is 4.41. The molecule has 2 heterocycles. The maximum absolute atomic E-state index is 12.8.